The fourth-order valence-electron chi connectivity index (χ4n) is 2.21. The number of Topliss-reactive ketones (excluding diaryl/α,β-unsaturated/α-hetero) is 1. The van der Waals surface area contributed by atoms with Crippen molar-refractivity contribution in [2.45, 2.75) is 46.6 Å². The molecule has 0 spiro atoms. The Labute approximate surface area is 116 Å². The largest absolute Gasteiger partial charge is 0.307 e. The smallest absolute Gasteiger partial charge is 0.147 e. The van der Waals surface area contributed by atoms with Crippen molar-refractivity contribution in [3.63, 3.8) is 0 Å². The van der Waals surface area contributed by atoms with E-state index in [1.807, 2.05) is 19.1 Å². The van der Waals surface area contributed by atoms with Crippen molar-refractivity contribution in [2.24, 2.45) is 0 Å². The van der Waals surface area contributed by atoms with E-state index in [-0.39, 0.29) is 11.8 Å². The Bertz CT molecular complexity index is 448. The molecule has 1 unspecified atom stereocenters. The maximum Gasteiger partial charge on any atom is 0.147 e. The van der Waals surface area contributed by atoms with Gasteiger partial charge in [0.05, 0.1) is 6.04 Å². The Kier molecular flexibility index (Phi) is 6.51. The van der Waals surface area contributed by atoms with E-state index in [4.69, 9.17) is 0 Å². The van der Waals surface area contributed by atoms with Gasteiger partial charge in [0.1, 0.15) is 5.78 Å². The first-order valence-electron chi connectivity index (χ1n) is 7.05. The molecule has 1 aromatic carbocycles. The first-order valence-corrected chi connectivity index (χ1v) is 7.05. The topological polar surface area (TPSA) is 29.1 Å². The second kappa shape index (κ2) is 7.90. The van der Waals surface area contributed by atoms with Crippen LogP contribution in [0.2, 0.25) is 0 Å². The van der Waals surface area contributed by atoms with Crippen LogP contribution in [0.25, 0.3) is 5.57 Å². The first-order chi connectivity index (χ1) is 9.10. The van der Waals surface area contributed by atoms with E-state index in [1.165, 1.54) is 16.7 Å². The Morgan fingerprint density at radius 3 is 2.58 bits per heavy atom. The lowest BCUT2D eigenvalue weighted by molar-refractivity contribution is -0.118. The molecule has 104 valence electrons. The van der Waals surface area contributed by atoms with Gasteiger partial charge in [-0.05, 0) is 56.9 Å². The standard InChI is InChI=1S/C17H25NO/c1-5-11-18-17(14(4)19)12-15(6-2)16-10-8-7-9-13(16)3/h6-10,17-18H,5,11-12H2,1-4H3/b15-6-. The van der Waals surface area contributed by atoms with Crippen molar-refractivity contribution < 1.29 is 4.79 Å². The summed E-state index contributed by atoms with van der Waals surface area (Å²) in [5.41, 5.74) is 3.74. The van der Waals surface area contributed by atoms with Gasteiger partial charge in [-0.15, -0.1) is 0 Å². The summed E-state index contributed by atoms with van der Waals surface area (Å²) in [6.45, 7) is 8.81. The van der Waals surface area contributed by atoms with Crippen LogP contribution in [0.5, 0.6) is 0 Å². The minimum Gasteiger partial charge on any atom is -0.307 e. The summed E-state index contributed by atoms with van der Waals surface area (Å²) in [5, 5.41) is 3.33. The summed E-state index contributed by atoms with van der Waals surface area (Å²) < 4.78 is 0. The second-order valence-electron chi connectivity index (χ2n) is 4.95. The van der Waals surface area contributed by atoms with Crippen LogP contribution in [-0.2, 0) is 4.79 Å². The van der Waals surface area contributed by atoms with Gasteiger partial charge in [0.2, 0.25) is 0 Å². The molecule has 0 amide bonds. The molecule has 19 heavy (non-hydrogen) atoms. The monoisotopic (exact) mass is 259 g/mol. The Balaban J connectivity index is 2.87. The molecule has 0 fully saturated rings. The van der Waals surface area contributed by atoms with Crippen LogP contribution in [0.15, 0.2) is 30.3 Å². The molecule has 0 heterocycles. The Hall–Kier alpha value is -1.41. The summed E-state index contributed by atoms with van der Waals surface area (Å²) in [7, 11) is 0. The molecule has 1 atom stereocenters. The number of aryl methyl sites for hydroxylation is 1. The molecule has 0 aliphatic rings. The van der Waals surface area contributed by atoms with Gasteiger partial charge in [-0.2, -0.15) is 0 Å². The molecule has 1 rings (SSSR count). The highest BCUT2D eigenvalue weighted by molar-refractivity contribution is 5.84. The van der Waals surface area contributed by atoms with Crippen molar-refractivity contribution in [3.8, 4) is 0 Å². The summed E-state index contributed by atoms with van der Waals surface area (Å²) in [5.74, 6) is 0.210. The number of benzene rings is 1. The third-order valence-corrected chi connectivity index (χ3v) is 3.39. The molecule has 2 heteroatoms. The third-order valence-electron chi connectivity index (χ3n) is 3.39. The second-order valence-corrected chi connectivity index (χ2v) is 4.95. The highest BCUT2D eigenvalue weighted by Gasteiger charge is 2.16. The predicted octanol–water partition coefficient (Wildman–Crippen LogP) is 3.75. The van der Waals surface area contributed by atoms with E-state index < -0.39 is 0 Å². The van der Waals surface area contributed by atoms with Crippen LogP contribution in [0.3, 0.4) is 0 Å². The molecule has 0 aliphatic carbocycles. The third kappa shape index (κ3) is 4.64. The van der Waals surface area contributed by atoms with Crippen LogP contribution in [-0.4, -0.2) is 18.4 Å². The van der Waals surface area contributed by atoms with Crippen LogP contribution < -0.4 is 5.32 Å². The zero-order valence-corrected chi connectivity index (χ0v) is 12.5. The van der Waals surface area contributed by atoms with Crippen molar-refractivity contribution in [3.05, 3.63) is 41.5 Å². The zero-order valence-electron chi connectivity index (χ0n) is 12.5. The Morgan fingerprint density at radius 2 is 2.05 bits per heavy atom. The van der Waals surface area contributed by atoms with Crippen molar-refractivity contribution in [1.29, 1.82) is 0 Å². The van der Waals surface area contributed by atoms with Crippen molar-refractivity contribution >= 4 is 11.4 Å². The quantitative estimate of drug-likeness (QED) is 0.808. The van der Waals surface area contributed by atoms with Crippen LogP contribution in [0.1, 0.15) is 44.7 Å². The average Bonchev–Trinajstić information content (AvgIpc) is 2.40. The van der Waals surface area contributed by atoms with E-state index in [0.717, 1.165) is 19.4 Å². The average molecular weight is 259 g/mol. The van der Waals surface area contributed by atoms with Crippen LogP contribution in [0, 0.1) is 6.92 Å². The minimum atomic E-state index is -0.0780. The SMILES string of the molecule is C/C=C(/CC(NCCC)C(C)=O)c1ccccc1C. The number of carbonyl (C=O) groups excluding carboxylic acids is 1. The molecule has 0 bridgehead atoms. The van der Waals surface area contributed by atoms with Gasteiger partial charge in [-0.3, -0.25) is 4.79 Å². The van der Waals surface area contributed by atoms with Gasteiger partial charge < -0.3 is 5.32 Å². The molecule has 0 radical (unpaired) electrons. The first kappa shape index (κ1) is 15.6. The summed E-state index contributed by atoms with van der Waals surface area (Å²) in [6, 6.07) is 8.26. The van der Waals surface area contributed by atoms with Crippen molar-refractivity contribution in [2.75, 3.05) is 6.54 Å². The van der Waals surface area contributed by atoms with E-state index in [9.17, 15) is 4.79 Å². The van der Waals surface area contributed by atoms with Gasteiger partial charge >= 0.3 is 0 Å². The lowest BCUT2D eigenvalue weighted by atomic mass is 9.93. The van der Waals surface area contributed by atoms with Gasteiger partial charge in [-0.25, -0.2) is 0 Å². The van der Waals surface area contributed by atoms with Gasteiger partial charge in [0, 0.05) is 0 Å². The fraction of sp³-hybridized carbons (Fsp3) is 0.471. The molecule has 1 N–H and O–H groups in total. The molecular weight excluding hydrogens is 234 g/mol. The highest BCUT2D eigenvalue weighted by atomic mass is 16.1. The van der Waals surface area contributed by atoms with E-state index in [2.05, 4.69) is 37.4 Å². The summed E-state index contributed by atoms with van der Waals surface area (Å²) in [6.07, 6.45) is 3.92. The molecule has 0 saturated heterocycles. The van der Waals surface area contributed by atoms with Gasteiger partial charge in [-0.1, -0.05) is 37.3 Å². The van der Waals surface area contributed by atoms with Crippen molar-refractivity contribution in [1.82, 2.24) is 5.32 Å². The van der Waals surface area contributed by atoms with E-state index >= 15 is 0 Å². The summed E-state index contributed by atoms with van der Waals surface area (Å²) >= 11 is 0. The summed E-state index contributed by atoms with van der Waals surface area (Å²) in [4.78, 5) is 11.7. The van der Waals surface area contributed by atoms with Gasteiger partial charge in [0.25, 0.3) is 0 Å². The number of hydrogen-bond acceptors (Lipinski definition) is 2. The Morgan fingerprint density at radius 1 is 1.37 bits per heavy atom. The molecular formula is C17H25NO. The molecule has 0 aliphatic heterocycles. The number of hydrogen-bond donors (Lipinski definition) is 1. The lowest BCUT2D eigenvalue weighted by Crippen LogP contribution is -2.36. The predicted molar refractivity (Wildman–Crippen MR) is 82.2 cm³/mol. The fourth-order valence-corrected chi connectivity index (χ4v) is 2.21. The normalized spacial score (nSPS) is 13.4. The highest BCUT2D eigenvalue weighted by Crippen LogP contribution is 2.23. The molecule has 0 saturated carbocycles. The number of carbonyl (C=O) groups is 1. The van der Waals surface area contributed by atoms with Crippen LogP contribution >= 0.6 is 0 Å². The number of nitrogens with one attached hydrogen (secondary N) is 1. The maximum atomic E-state index is 11.7. The minimum absolute atomic E-state index is 0.0780. The number of ketones is 1. The maximum absolute atomic E-state index is 11.7. The van der Waals surface area contributed by atoms with Crippen LogP contribution in [0.4, 0.5) is 0 Å². The number of allylic oxidation sites excluding steroid dienone is 1. The van der Waals surface area contributed by atoms with E-state index in [1.54, 1.807) is 6.92 Å². The van der Waals surface area contributed by atoms with Gasteiger partial charge in [0.15, 0.2) is 0 Å². The lowest BCUT2D eigenvalue weighted by Gasteiger charge is -2.18. The number of rotatable bonds is 7. The zero-order chi connectivity index (χ0) is 14.3. The molecule has 1 aromatic rings. The van der Waals surface area contributed by atoms with E-state index in [0.29, 0.717) is 0 Å². The molecule has 0 aromatic heterocycles. The molecule has 2 nitrogen and oxygen atoms in total.